The van der Waals surface area contributed by atoms with Crippen LogP contribution >= 0.6 is 11.6 Å². The first-order valence-corrected chi connectivity index (χ1v) is 8.90. The van der Waals surface area contributed by atoms with Crippen molar-refractivity contribution >= 4 is 23.5 Å². The molecule has 1 aromatic carbocycles. The number of nitrogens with zero attached hydrogens (tertiary/aromatic N) is 2. The second-order valence-electron chi connectivity index (χ2n) is 6.42. The van der Waals surface area contributed by atoms with Crippen molar-refractivity contribution in [2.75, 3.05) is 26.2 Å². The van der Waals surface area contributed by atoms with Gasteiger partial charge in [-0.2, -0.15) is 0 Å². The Morgan fingerprint density at radius 1 is 1.36 bits per heavy atom. The molecule has 1 saturated heterocycles. The minimum atomic E-state index is -0.995. The lowest BCUT2D eigenvalue weighted by Crippen LogP contribution is -2.42. The average molecular weight is 371 g/mol. The highest BCUT2D eigenvalue weighted by Gasteiger charge is 2.26. The first-order valence-electron chi connectivity index (χ1n) is 8.52. The zero-order valence-corrected chi connectivity index (χ0v) is 15.1. The summed E-state index contributed by atoms with van der Waals surface area (Å²) in [5, 5.41) is 9.44. The molecule has 0 bridgehead atoms. The van der Waals surface area contributed by atoms with Crippen LogP contribution in [0.2, 0.25) is 5.02 Å². The second kappa shape index (κ2) is 9.15. The van der Waals surface area contributed by atoms with Gasteiger partial charge in [0.05, 0.1) is 0 Å². The maximum atomic E-state index is 13.9. The van der Waals surface area contributed by atoms with Gasteiger partial charge in [-0.1, -0.05) is 17.7 Å². The number of carbonyl (C=O) groups excluding carboxylic acids is 1. The highest BCUT2D eigenvalue weighted by atomic mass is 35.5. The molecule has 1 atom stereocenters. The number of rotatable bonds is 6. The Bertz CT molecular complexity index is 606. The van der Waals surface area contributed by atoms with Crippen LogP contribution in [0.4, 0.5) is 4.39 Å². The summed E-state index contributed by atoms with van der Waals surface area (Å²) in [5.74, 6) is -1.49. The molecule has 1 aromatic rings. The van der Waals surface area contributed by atoms with Crippen molar-refractivity contribution in [1.82, 2.24) is 9.80 Å². The fraction of sp³-hybridized carbons (Fsp3) is 0.556. The molecule has 1 heterocycles. The standard InChI is InChI=1S/C18H24ClFN2O3/c1-13(23)22(12-18(24)25)14-4-3-9-21(10-7-14)11-8-15-16(19)5-2-6-17(15)20/h2,5-6,14H,3-4,7-12H2,1H3,(H,24,25)/t14-/m0/s1. The fourth-order valence-electron chi connectivity index (χ4n) is 3.36. The van der Waals surface area contributed by atoms with Gasteiger partial charge in [-0.15, -0.1) is 0 Å². The number of carbonyl (C=O) groups is 2. The maximum absolute atomic E-state index is 13.9. The van der Waals surface area contributed by atoms with Gasteiger partial charge in [0.2, 0.25) is 5.91 Å². The zero-order chi connectivity index (χ0) is 18.4. The van der Waals surface area contributed by atoms with Crippen LogP contribution in [0.25, 0.3) is 0 Å². The van der Waals surface area contributed by atoms with Crippen molar-refractivity contribution in [3.05, 3.63) is 34.6 Å². The topological polar surface area (TPSA) is 60.9 Å². The number of likely N-dealkylation sites (tertiary alicyclic amines) is 1. The van der Waals surface area contributed by atoms with Gasteiger partial charge >= 0.3 is 5.97 Å². The molecule has 138 valence electrons. The van der Waals surface area contributed by atoms with E-state index < -0.39 is 5.97 Å². The minimum Gasteiger partial charge on any atom is -0.480 e. The third-order valence-electron chi connectivity index (χ3n) is 4.68. The molecule has 1 N–H and O–H groups in total. The molecule has 2 rings (SSSR count). The normalized spacial score (nSPS) is 18.6. The van der Waals surface area contributed by atoms with E-state index in [9.17, 15) is 14.0 Å². The highest BCUT2D eigenvalue weighted by Crippen LogP contribution is 2.21. The molecule has 5 nitrogen and oxygen atoms in total. The number of hydrogen-bond acceptors (Lipinski definition) is 3. The van der Waals surface area contributed by atoms with Crippen molar-refractivity contribution < 1.29 is 19.1 Å². The first-order chi connectivity index (χ1) is 11.9. The zero-order valence-electron chi connectivity index (χ0n) is 14.4. The summed E-state index contributed by atoms with van der Waals surface area (Å²) < 4.78 is 13.9. The Balaban J connectivity index is 1.92. The Hall–Kier alpha value is -1.66. The van der Waals surface area contributed by atoms with E-state index in [2.05, 4.69) is 4.90 Å². The lowest BCUT2D eigenvalue weighted by atomic mass is 10.1. The molecule has 0 saturated carbocycles. The molecule has 1 amide bonds. The average Bonchev–Trinajstić information content (AvgIpc) is 2.77. The summed E-state index contributed by atoms with van der Waals surface area (Å²) in [6, 6.07) is 4.64. The summed E-state index contributed by atoms with van der Waals surface area (Å²) in [7, 11) is 0. The van der Waals surface area contributed by atoms with Gasteiger partial charge in [0, 0.05) is 36.6 Å². The monoisotopic (exact) mass is 370 g/mol. The second-order valence-corrected chi connectivity index (χ2v) is 6.82. The molecular weight excluding hydrogens is 347 g/mol. The molecule has 0 aromatic heterocycles. The van der Waals surface area contributed by atoms with E-state index in [0.717, 1.165) is 32.4 Å². The molecule has 1 aliphatic rings. The van der Waals surface area contributed by atoms with Crippen LogP contribution in [-0.4, -0.2) is 59.0 Å². The van der Waals surface area contributed by atoms with Crippen molar-refractivity contribution in [3.8, 4) is 0 Å². The quantitative estimate of drug-likeness (QED) is 0.836. The van der Waals surface area contributed by atoms with Crippen molar-refractivity contribution in [3.63, 3.8) is 0 Å². The van der Waals surface area contributed by atoms with E-state index in [4.69, 9.17) is 16.7 Å². The van der Waals surface area contributed by atoms with Crippen LogP contribution in [0, 0.1) is 5.82 Å². The van der Waals surface area contributed by atoms with E-state index in [-0.39, 0.29) is 24.3 Å². The molecule has 1 fully saturated rings. The van der Waals surface area contributed by atoms with Crippen molar-refractivity contribution in [2.24, 2.45) is 0 Å². The summed E-state index contributed by atoms with van der Waals surface area (Å²) in [5.41, 5.74) is 0.529. The number of carboxylic acids is 1. The highest BCUT2D eigenvalue weighted by molar-refractivity contribution is 6.31. The van der Waals surface area contributed by atoms with Gasteiger partial charge in [-0.3, -0.25) is 9.59 Å². The SMILES string of the molecule is CC(=O)N(CC(=O)O)[C@H]1CCCN(CCc2c(F)cccc2Cl)CC1. The van der Waals surface area contributed by atoms with Gasteiger partial charge in [0.1, 0.15) is 12.4 Å². The Labute approximate surface area is 152 Å². The smallest absolute Gasteiger partial charge is 0.323 e. The van der Waals surface area contributed by atoms with Crippen LogP contribution in [0.1, 0.15) is 31.7 Å². The number of benzene rings is 1. The summed E-state index contributed by atoms with van der Waals surface area (Å²) in [6.07, 6.45) is 2.91. The third-order valence-corrected chi connectivity index (χ3v) is 5.03. The molecule has 25 heavy (non-hydrogen) atoms. The van der Waals surface area contributed by atoms with Gasteiger partial charge in [0.25, 0.3) is 0 Å². The number of halogens is 2. The predicted molar refractivity (Wildman–Crippen MR) is 94.2 cm³/mol. The van der Waals surface area contributed by atoms with Gasteiger partial charge in [-0.05, 0) is 44.4 Å². The molecule has 0 spiro atoms. The van der Waals surface area contributed by atoms with Crippen molar-refractivity contribution in [2.45, 2.75) is 38.6 Å². The number of carboxylic acid groups (broad SMARTS) is 1. The molecule has 7 heteroatoms. The molecule has 0 radical (unpaired) electrons. The molecule has 0 unspecified atom stereocenters. The summed E-state index contributed by atoms with van der Waals surface area (Å²) >= 11 is 6.07. The first kappa shape index (κ1) is 19.7. The molecular formula is C18H24ClFN2O3. The minimum absolute atomic E-state index is 0.0596. The summed E-state index contributed by atoms with van der Waals surface area (Å²) in [4.78, 5) is 26.4. The summed E-state index contributed by atoms with van der Waals surface area (Å²) in [6.45, 7) is 3.44. The van der Waals surface area contributed by atoms with Crippen LogP contribution in [0.5, 0.6) is 0 Å². The van der Waals surface area contributed by atoms with Crippen LogP contribution in [-0.2, 0) is 16.0 Å². The predicted octanol–water partition coefficient (Wildman–Crippen LogP) is 2.81. The Kier molecular flexibility index (Phi) is 7.20. The maximum Gasteiger partial charge on any atom is 0.323 e. The van der Waals surface area contributed by atoms with Crippen LogP contribution in [0.3, 0.4) is 0 Å². The van der Waals surface area contributed by atoms with E-state index in [1.165, 1.54) is 17.9 Å². The van der Waals surface area contributed by atoms with Crippen LogP contribution < -0.4 is 0 Å². The van der Waals surface area contributed by atoms with E-state index in [1.54, 1.807) is 12.1 Å². The fourth-order valence-corrected chi connectivity index (χ4v) is 3.62. The molecule has 1 aliphatic heterocycles. The van der Waals surface area contributed by atoms with Gasteiger partial charge in [-0.25, -0.2) is 4.39 Å². The molecule has 0 aliphatic carbocycles. The largest absolute Gasteiger partial charge is 0.480 e. The third kappa shape index (κ3) is 5.68. The van der Waals surface area contributed by atoms with E-state index in [0.29, 0.717) is 23.6 Å². The van der Waals surface area contributed by atoms with Gasteiger partial charge < -0.3 is 14.9 Å². The van der Waals surface area contributed by atoms with Gasteiger partial charge in [0.15, 0.2) is 0 Å². The van der Waals surface area contributed by atoms with Crippen molar-refractivity contribution in [1.29, 1.82) is 0 Å². The lowest BCUT2D eigenvalue weighted by Gasteiger charge is -2.29. The number of amides is 1. The number of aliphatic carboxylic acids is 1. The van der Waals surface area contributed by atoms with Crippen LogP contribution in [0.15, 0.2) is 18.2 Å². The van der Waals surface area contributed by atoms with E-state index >= 15 is 0 Å². The number of hydrogen-bond donors (Lipinski definition) is 1. The Morgan fingerprint density at radius 2 is 2.12 bits per heavy atom. The van der Waals surface area contributed by atoms with E-state index in [1.807, 2.05) is 0 Å². The lowest BCUT2D eigenvalue weighted by molar-refractivity contribution is -0.145. The Morgan fingerprint density at radius 3 is 2.76 bits per heavy atom.